The predicted octanol–water partition coefficient (Wildman–Crippen LogP) is 4.24. The summed E-state index contributed by atoms with van der Waals surface area (Å²) < 4.78 is 15.5. The van der Waals surface area contributed by atoms with Gasteiger partial charge in [0.15, 0.2) is 0 Å². The van der Waals surface area contributed by atoms with Crippen molar-refractivity contribution in [3.05, 3.63) is 65.5 Å². The minimum absolute atomic E-state index is 0.193. The van der Waals surface area contributed by atoms with E-state index in [2.05, 4.69) is 25.6 Å². The number of H-pyrrole nitrogens is 1. The van der Waals surface area contributed by atoms with Crippen LogP contribution in [0.1, 0.15) is 31.2 Å². The number of anilines is 1. The Labute approximate surface area is 194 Å². The fourth-order valence-electron chi connectivity index (χ4n) is 4.20. The van der Waals surface area contributed by atoms with Gasteiger partial charge in [0.1, 0.15) is 11.7 Å². The molecule has 1 fully saturated rings. The number of halogens is 2. The fraction of sp³-hybridized carbons (Fsp3) is 0.261. The number of fused-ring (bicyclic) bond motifs is 1. The number of aliphatic imine (C=N–C) groups is 1. The summed E-state index contributed by atoms with van der Waals surface area (Å²) in [5.74, 6) is -0.244. The third-order valence-corrected chi connectivity index (χ3v) is 6.33. The Morgan fingerprint density at radius 1 is 1.18 bits per heavy atom. The number of hydrogen-bond acceptors (Lipinski definition) is 5. The van der Waals surface area contributed by atoms with Crippen molar-refractivity contribution in [1.82, 2.24) is 19.8 Å². The summed E-state index contributed by atoms with van der Waals surface area (Å²) >= 11 is 6.21. The topological polar surface area (TPSA) is 122 Å². The summed E-state index contributed by atoms with van der Waals surface area (Å²) in [5, 5.41) is 15.4. The van der Waals surface area contributed by atoms with Gasteiger partial charge in [-0.2, -0.15) is 10.2 Å². The van der Waals surface area contributed by atoms with Crippen LogP contribution in [0.15, 0.2) is 54.0 Å². The van der Waals surface area contributed by atoms with Gasteiger partial charge in [0.2, 0.25) is 0 Å². The van der Waals surface area contributed by atoms with E-state index in [1.807, 2.05) is 18.5 Å². The highest BCUT2D eigenvalue weighted by atomic mass is 35.5. The molecule has 6 N–H and O–H groups in total. The number of benzene rings is 1. The highest BCUT2D eigenvalue weighted by Gasteiger charge is 2.22. The maximum atomic E-state index is 13.8. The molecule has 10 heteroatoms. The van der Waals surface area contributed by atoms with E-state index in [-0.39, 0.29) is 23.6 Å². The van der Waals surface area contributed by atoms with E-state index in [0.717, 1.165) is 48.0 Å². The molecule has 0 unspecified atom stereocenters. The lowest BCUT2D eigenvalue weighted by Gasteiger charge is -2.28. The number of rotatable bonds is 5. The number of hydrogen-bond donors (Lipinski definition) is 4. The molecule has 0 bridgehead atoms. The molecule has 3 heterocycles. The molecule has 3 aromatic heterocycles. The van der Waals surface area contributed by atoms with Crippen molar-refractivity contribution in [3.8, 4) is 11.1 Å². The van der Waals surface area contributed by atoms with Crippen molar-refractivity contribution in [1.29, 1.82) is 0 Å². The minimum Gasteiger partial charge on any atom is -0.383 e. The molecule has 1 saturated carbocycles. The number of amidine groups is 1. The van der Waals surface area contributed by atoms with Crippen LogP contribution < -0.4 is 16.8 Å². The Hall–Kier alpha value is -3.43. The van der Waals surface area contributed by atoms with Crippen molar-refractivity contribution >= 4 is 34.3 Å². The van der Waals surface area contributed by atoms with Crippen molar-refractivity contribution in [2.45, 2.75) is 37.8 Å². The molecule has 33 heavy (non-hydrogen) atoms. The first kappa shape index (κ1) is 21.4. The van der Waals surface area contributed by atoms with Crippen LogP contribution in [0.3, 0.4) is 0 Å². The third-order valence-electron chi connectivity index (χ3n) is 6.01. The molecule has 8 nitrogen and oxygen atoms in total. The average molecular weight is 467 g/mol. The van der Waals surface area contributed by atoms with Gasteiger partial charge in [0, 0.05) is 41.7 Å². The zero-order valence-corrected chi connectivity index (χ0v) is 18.6. The van der Waals surface area contributed by atoms with Crippen LogP contribution in [0.5, 0.6) is 0 Å². The van der Waals surface area contributed by atoms with Crippen LogP contribution in [0, 0.1) is 5.82 Å². The molecule has 0 amide bonds. The normalized spacial score (nSPS) is 19.2. The van der Waals surface area contributed by atoms with Gasteiger partial charge in [-0.05, 0) is 43.9 Å². The maximum absolute atomic E-state index is 13.8. The molecular weight excluding hydrogens is 443 g/mol. The van der Waals surface area contributed by atoms with Crippen LogP contribution in [-0.4, -0.2) is 37.7 Å². The Bertz CT molecular complexity index is 1310. The molecule has 0 saturated heterocycles. The maximum Gasteiger partial charge on any atom is 0.135 e. The number of nitrogens with zero attached hydrogens (tertiary/aromatic N) is 4. The lowest BCUT2D eigenvalue weighted by Crippen LogP contribution is -2.33. The van der Waals surface area contributed by atoms with Gasteiger partial charge in [0.25, 0.3) is 0 Å². The Morgan fingerprint density at radius 2 is 2.00 bits per heavy atom. The molecule has 1 aliphatic carbocycles. The van der Waals surface area contributed by atoms with Crippen LogP contribution >= 0.6 is 11.6 Å². The monoisotopic (exact) mass is 466 g/mol. The van der Waals surface area contributed by atoms with Crippen molar-refractivity contribution in [2.24, 2.45) is 16.5 Å². The van der Waals surface area contributed by atoms with Crippen LogP contribution in [0.25, 0.3) is 16.6 Å². The van der Waals surface area contributed by atoms with Gasteiger partial charge in [-0.1, -0.05) is 11.6 Å². The molecule has 0 spiro atoms. The molecule has 1 aromatic carbocycles. The molecule has 0 aliphatic heterocycles. The average Bonchev–Trinajstić information content (AvgIpc) is 3.48. The van der Waals surface area contributed by atoms with Crippen LogP contribution in [0.2, 0.25) is 5.02 Å². The summed E-state index contributed by atoms with van der Waals surface area (Å²) in [6.45, 7) is 0. The van der Waals surface area contributed by atoms with E-state index in [1.54, 1.807) is 16.9 Å². The summed E-state index contributed by atoms with van der Waals surface area (Å²) in [6, 6.07) is 6.50. The molecule has 0 radical (unpaired) electrons. The largest absolute Gasteiger partial charge is 0.383 e. The van der Waals surface area contributed by atoms with Gasteiger partial charge >= 0.3 is 0 Å². The van der Waals surface area contributed by atoms with Gasteiger partial charge in [-0.3, -0.25) is 5.10 Å². The highest BCUT2D eigenvalue weighted by Crippen LogP contribution is 2.32. The fourth-order valence-corrected chi connectivity index (χ4v) is 4.36. The van der Waals surface area contributed by atoms with Gasteiger partial charge in [-0.25, -0.2) is 13.9 Å². The number of aromatic amines is 1. The van der Waals surface area contributed by atoms with E-state index in [0.29, 0.717) is 10.6 Å². The van der Waals surface area contributed by atoms with Gasteiger partial charge < -0.3 is 16.8 Å². The van der Waals surface area contributed by atoms with Gasteiger partial charge in [-0.15, -0.1) is 0 Å². The second kappa shape index (κ2) is 8.84. The Morgan fingerprint density at radius 3 is 2.76 bits per heavy atom. The van der Waals surface area contributed by atoms with E-state index < -0.39 is 5.82 Å². The quantitative estimate of drug-likeness (QED) is 0.259. The highest BCUT2D eigenvalue weighted by molar-refractivity contribution is 6.33. The zero-order chi connectivity index (χ0) is 22.9. The number of aromatic nitrogens is 4. The second-order valence-electron chi connectivity index (χ2n) is 8.33. The molecule has 1 aliphatic rings. The van der Waals surface area contributed by atoms with Crippen LogP contribution in [0.4, 0.5) is 15.8 Å². The molecule has 4 aromatic rings. The Kier molecular flexibility index (Phi) is 5.74. The van der Waals surface area contributed by atoms with E-state index >= 15 is 0 Å². The summed E-state index contributed by atoms with van der Waals surface area (Å²) in [7, 11) is 0. The Balaban J connectivity index is 1.60. The van der Waals surface area contributed by atoms with Crippen molar-refractivity contribution in [3.63, 3.8) is 0 Å². The first-order valence-electron chi connectivity index (χ1n) is 10.8. The van der Waals surface area contributed by atoms with Gasteiger partial charge in [0.05, 0.1) is 39.9 Å². The lowest BCUT2D eigenvalue weighted by atomic mass is 9.91. The summed E-state index contributed by atoms with van der Waals surface area (Å²) in [4.78, 5) is 4.42. The first-order valence-corrected chi connectivity index (χ1v) is 11.2. The molecular formula is C23H24ClFN8. The summed E-state index contributed by atoms with van der Waals surface area (Å²) in [6.07, 6.45) is 11.0. The predicted molar refractivity (Wildman–Crippen MR) is 128 cm³/mol. The SMILES string of the molecule is NC(=Nc1cc(F)ccc1Cl)c1cnn2cc(-c3cn[nH]c3)cc2c1N[C@H]1CC[C@H](N)CC1. The van der Waals surface area contributed by atoms with Crippen molar-refractivity contribution < 1.29 is 4.39 Å². The standard InChI is InChI=1S/C23H24ClFN8/c24-19-6-1-15(25)8-20(19)32-23(27)18-11-30-33-12-13(14-9-28-29-10-14)7-21(33)22(18)31-17-4-2-16(26)3-5-17/h1,6-12,16-17,31H,2-5,26H2,(H2,27,32)(H,28,29)/t16-,17-. The second-order valence-corrected chi connectivity index (χ2v) is 8.73. The summed E-state index contributed by atoms with van der Waals surface area (Å²) in [5.41, 5.74) is 17.0. The first-order chi connectivity index (χ1) is 16.0. The van der Waals surface area contributed by atoms with E-state index in [9.17, 15) is 4.39 Å². The molecule has 170 valence electrons. The molecule has 0 atom stereocenters. The number of nitrogens with two attached hydrogens (primary N) is 2. The molecule has 5 rings (SSSR count). The van der Waals surface area contributed by atoms with E-state index in [1.165, 1.54) is 18.2 Å². The van der Waals surface area contributed by atoms with Crippen molar-refractivity contribution in [2.75, 3.05) is 5.32 Å². The third kappa shape index (κ3) is 4.42. The minimum atomic E-state index is -0.437. The smallest absolute Gasteiger partial charge is 0.135 e. The number of nitrogens with one attached hydrogen (secondary N) is 2. The zero-order valence-electron chi connectivity index (χ0n) is 17.8. The van der Waals surface area contributed by atoms with E-state index in [4.69, 9.17) is 23.1 Å². The van der Waals surface area contributed by atoms with Crippen LogP contribution in [-0.2, 0) is 0 Å². The lowest BCUT2D eigenvalue weighted by molar-refractivity contribution is 0.411.